The van der Waals surface area contributed by atoms with Gasteiger partial charge >= 0.3 is 0 Å². The molecule has 0 radical (unpaired) electrons. The van der Waals surface area contributed by atoms with Gasteiger partial charge in [0.05, 0.1) is 3.79 Å². The zero-order chi connectivity index (χ0) is 8.97. The Labute approximate surface area is 84.9 Å². The Kier molecular flexibility index (Phi) is 3.95. The van der Waals surface area contributed by atoms with Gasteiger partial charge in [-0.1, -0.05) is 0 Å². The highest BCUT2D eigenvalue weighted by Gasteiger charge is 1.98. The number of hydrogen-bond acceptors (Lipinski definition) is 2. The Bertz CT molecular complexity index is 267. The zero-order valence-electron chi connectivity index (χ0n) is 6.97. The predicted molar refractivity (Wildman–Crippen MR) is 55.6 cm³/mol. The van der Waals surface area contributed by atoms with Gasteiger partial charge in [0.1, 0.15) is 5.78 Å². The molecule has 12 heavy (non-hydrogen) atoms. The summed E-state index contributed by atoms with van der Waals surface area (Å²) in [4.78, 5) is 12.0. The molecule has 0 saturated heterocycles. The molecule has 0 N–H and O–H groups in total. The molecular formula is C9H11BrOS. The molecule has 0 aliphatic heterocycles. The van der Waals surface area contributed by atoms with E-state index in [0.717, 1.165) is 12.8 Å². The summed E-state index contributed by atoms with van der Waals surface area (Å²) in [6.07, 6.45) is 2.70. The van der Waals surface area contributed by atoms with Gasteiger partial charge in [0.15, 0.2) is 0 Å². The van der Waals surface area contributed by atoms with E-state index in [2.05, 4.69) is 22.0 Å². The van der Waals surface area contributed by atoms with Crippen molar-refractivity contribution in [2.75, 3.05) is 0 Å². The van der Waals surface area contributed by atoms with Gasteiger partial charge in [-0.15, -0.1) is 11.3 Å². The van der Waals surface area contributed by atoms with Crippen molar-refractivity contribution in [2.45, 2.75) is 26.2 Å². The van der Waals surface area contributed by atoms with Crippen molar-refractivity contribution in [3.05, 3.63) is 20.8 Å². The van der Waals surface area contributed by atoms with Crippen LogP contribution in [0.5, 0.6) is 0 Å². The largest absolute Gasteiger partial charge is 0.300 e. The number of carbonyl (C=O) groups excluding carboxylic acids is 1. The van der Waals surface area contributed by atoms with Crippen molar-refractivity contribution in [1.82, 2.24) is 0 Å². The molecular weight excluding hydrogens is 236 g/mol. The van der Waals surface area contributed by atoms with Crippen LogP contribution in [0.2, 0.25) is 0 Å². The van der Waals surface area contributed by atoms with Gasteiger partial charge in [0, 0.05) is 11.3 Å². The van der Waals surface area contributed by atoms with Gasteiger partial charge in [0.25, 0.3) is 0 Å². The standard InChI is InChI=1S/C9H11BrOS/c1-7(11)3-2-4-8-5-6-9(10)12-8/h5-6H,2-4H2,1H3. The van der Waals surface area contributed by atoms with Gasteiger partial charge in [-0.3, -0.25) is 0 Å². The number of aryl methyl sites for hydroxylation is 1. The minimum absolute atomic E-state index is 0.283. The number of ketones is 1. The first-order valence-electron chi connectivity index (χ1n) is 3.92. The highest BCUT2D eigenvalue weighted by Crippen LogP contribution is 2.23. The minimum atomic E-state index is 0.283. The van der Waals surface area contributed by atoms with E-state index in [9.17, 15) is 4.79 Å². The van der Waals surface area contributed by atoms with Crippen molar-refractivity contribution in [3.8, 4) is 0 Å². The van der Waals surface area contributed by atoms with E-state index in [-0.39, 0.29) is 5.78 Å². The topological polar surface area (TPSA) is 17.1 Å². The lowest BCUT2D eigenvalue weighted by atomic mass is 10.2. The molecule has 0 atom stereocenters. The second-order valence-electron chi connectivity index (χ2n) is 2.76. The van der Waals surface area contributed by atoms with Crippen molar-refractivity contribution in [3.63, 3.8) is 0 Å². The van der Waals surface area contributed by atoms with E-state index in [0.29, 0.717) is 6.42 Å². The third-order valence-electron chi connectivity index (χ3n) is 1.58. The summed E-state index contributed by atoms with van der Waals surface area (Å²) in [7, 11) is 0. The number of Topliss-reactive ketones (excluding diaryl/α,β-unsaturated/α-hetero) is 1. The third kappa shape index (κ3) is 3.50. The summed E-state index contributed by atoms with van der Waals surface area (Å²) >= 11 is 5.15. The molecule has 66 valence electrons. The molecule has 0 fully saturated rings. The summed E-state index contributed by atoms with van der Waals surface area (Å²) in [5.41, 5.74) is 0. The fraction of sp³-hybridized carbons (Fsp3) is 0.444. The molecule has 0 saturated carbocycles. The van der Waals surface area contributed by atoms with E-state index in [4.69, 9.17) is 0 Å². The van der Waals surface area contributed by atoms with Crippen molar-refractivity contribution >= 4 is 33.0 Å². The first-order chi connectivity index (χ1) is 5.68. The van der Waals surface area contributed by atoms with Crippen LogP contribution in [0.4, 0.5) is 0 Å². The van der Waals surface area contributed by atoms with Crippen LogP contribution in [-0.4, -0.2) is 5.78 Å². The molecule has 0 bridgehead atoms. The number of halogens is 1. The van der Waals surface area contributed by atoms with Crippen molar-refractivity contribution < 1.29 is 4.79 Å². The Morgan fingerprint density at radius 2 is 2.33 bits per heavy atom. The summed E-state index contributed by atoms with van der Waals surface area (Å²) in [5, 5.41) is 0. The average molecular weight is 247 g/mol. The molecule has 1 aromatic heterocycles. The van der Waals surface area contributed by atoms with E-state index >= 15 is 0 Å². The number of rotatable bonds is 4. The maximum absolute atomic E-state index is 10.6. The molecule has 0 amide bonds. The molecule has 1 nitrogen and oxygen atoms in total. The van der Waals surface area contributed by atoms with E-state index in [1.54, 1.807) is 18.3 Å². The highest BCUT2D eigenvalue weighted by molar-refractivity contribution is 9.11. The van der Waals surface area contributed by atoms with Crippen molar-refractivity contribution in [1.29, 1.82) is 0 Å². The van der Waals surface area contributed by atoms with Crippen molar-refractivity contribution in [2.24, 2.45) is 0 Å². The Balaban J connectivity index is 2.29. The summed E-state index contributed by atoms with van der Waals surface area (Å²) in [6, 6.07) is 4.16. The molecule has 0 aliphatic carbocycles. The van der Waals surface area contributed by atoms with Crippen LogP contribution in [0.1, 0.15) is 24.6 Å². The number of thiophene rings is 1. The molecule has 0 aromatic carbocycles. The van der Waals surface area contributed by atoms with E-state index < -0.39 is 0 Å². The second kappa shape index (κ2) is 4.77. The Hall–Kier alpha value is -0.150. The van der Waals surface area contributed by atoms with Gasteiger partial charge < -0.3 is 4.79 Å². The van der Waals surface area contributed by atoms with Crippen LogP contribution in [0, 0.1) is 0 Å². The van der Waals surface area contributed by atoms with E-state index in [1.165, 1.54) is 8.66 Å². The number of hydrogen-bond donors (Lipinski definition) is 0. The molecule has 0 unspecified atom stereocenters. The molecule has 0 spiro atoms. The second-order valence-corrected chi connectivity index (χ2v) is 5.31. The Morgan fingerprint density at radius 3 is 2.83 bits per heavy atom. The summed E-state index contributed by atoms with van der Waals surface area (Å²) in [5.74, 6) is 0.283. The molecule has 1 rings (SSSR count). The van der Waals surface area contributed by atoms with Crippen LogP contribution in [0.3, 0.4) is 0 Å². The molecule has 1 heterocycles. The lowest BCUT2D eigenvalue weighted by Crippen LogP contribution is -1.90. The van der Waals surface area contributed by atoms with Gasteiger partial charge in [-0.05, 0) is 47.8 Å². The normalized spacial score (nSPS) is 10.2. The van der Waals surface area contributed by atoms with Gasteiger partial charge in [-0.2, -0.15) is 0 Å². The maximum Gasteiger partial charge on any atom is 0.129 e. The van der Waals surface area contributed by atoms with Crippen LogP contribution < -0.4 is 0 Å². The first-order valence-corrected chi connectivity index (χ1v) is 5.53. The zero-order valence-corrected chi connectivity index (χ0v) is 9.37. The third-order valence-corrected chi connectivity index (χ3v) is 3.26. The monoisotopic (exact) mass is 246 g/mol. The van der Waals surface area contributed by atoms with Gasteiger partial charge in [-0.25, -0.2) is 0 Å². The SMILES string of the molecule is CC(=O)CCCc1ccc(Br)s1. The highest BCUT2D eigenvalue weighted by atomic mass is 79.9. The Morgan fingerprint density at radius 1 is 1.58 bits per heavy atom. The number of carbonyl (C=O) groups is 1. The quantitative estimate of drug-likeness (QED) is 0.796. The predicted octanol–water partition coefficient (Wildman–Crippen LogP) is 3.42. The summed E-state index contributed by atoms with van der Waals surface area (Å²) < 4.78 is 1.17. The maximum atomic E-state index is 10.6. The lowest BCUT2D eigenvalue weighted by Gasteiger charge is -1.93. The average Bonchev–Trinajstić information content (AvgIpc) is 2.35. The fourth-order valence-electron chi connectivity index (χ4n) is 0.998. The van der Waals surface area contributed by atoms with Crippen LogP contribution >= 0.6 is 27.3 Å². The smallest absolute Gasteiger partial charge is 0.129 e. The molecule has 3 heteroatoms. The summed E-state index contributed by atoms with van der Waals surface area (Å²) in [6.45, 7) is 1.64. The van der Waals surface area contributed by atoms with Crippen LogP contribution in [0.25, 0.3) is 0 Å². The van der Waals surface area contributed by atoms with E-state index in [1.807, 2.05) is 6.07 Å². The van der Waals surface area contributed by atoms with Crippen LogP contribution in [-0.2, 0) is 11.2 Å². The molecule has 1 aromatic rings. The van der Waals surface area contributed by atoms with Gasteiger partial charge in [0.2, 0.25) is 0 Å². The minimum Gasteiger partial charge on any atom is -0.300 e. The fourth-order valence-corrected chi connectivity index (χ4v) is 2.52. The first kappa shape index (κ1) is 9.93. The molecule has 0 aliphatic rings. The van der Waals surface area contributed by atoms with Crippen LogP contribution in [0.15, 0.2) is 15.9 Å². The lowest BCUT2D eigenvalue weighted by molar-refractivity contribution is -0.117.